The topological polar surface area (TPSA) is 38.3 Å². The average molecular weight is 245 g/mol. The van der Waals surface area contributed by atoms with Gasteiger partial charge in [0.1, 0.15) is 5.75 Å². The summed E-state index contributed by atoms with van der Waals surface area (Å²) in [6.07, 6.45) is 2.02. The van der Waals surface area contributed by atoms with Gasteiger partial charge < -0.3 is 10.1 Å². The number of hydrogen-bond donors (Lipinski definition) is 1. The van der Waals surface area contributed by atoms with Gasteiger partial charge in [-0.05, 0) is 32.4 Å². The van der Waals surface area contributed by atoms with Crippen LogP contribution in [0, 0.1) is 11.8 Å². The van der Waals surface area contributed by atoms with Crippen LogP contribution < -0.4 is 10.1 Å². The minimum absolute atomic E-state index is 0.0000520. The first kappa shape index (κ1) is 14.1. The Bertz CT molecular complexity index is 443. The van der Waals surface area contributed by atoms with Crippen LogP contribution in [0.5, 0.6) is 5.75 Å². The molecule has 0 spiro atoms. The number of anilines is 1. The summed E-state index contributed by atoms with van der Waals surface area (Å²) >= 11 is 0. The van der Waals surface area contributed by atoms with Crippen molar-refractivity contribution in [3.05, 3.63) is 24.3 Å². The van der Waals surface area contributed by atoms with Crippen molar-refractivity contribution in [3.63, 3.8) is 0 Å². The summed E-state index contributed by atoms with van der Waals surface area (Å²) in [6, 6.07) is 7.45. The summed E-state index contributed by atoms with van der Waals surface area (Å²) in [7, 11) is 0. The molecule has 1 rings (SSSR count). The van der Waals surface area contributed by atoms with E-state index in [9.17, 15) is 4.79 Å². The van der Waals surface area contributed by atoms with Gasteiger partial charge in [0.05, 0.1) is 12.3 Å². The van der Waals surface area contributed by atoms with Crippen LogP contribution in [0.3, 0.4) is 0 Å². The van der Waals surface area contributed by atoms with E-state index in [1.807, 2.05) is 31.2 Å². The molecular formula is C15H19NO2. The highest BCUT2D eigenvalue weighted by atomic mass is 16.5. The first-order valence-electron chi connectivity index (χ1n) is 6.19. The zero-order valence-electron chi connectivity index (χ0n) is 11.0. The predicted octanol–water partition coefficient (Wildman–Crippen LogP) is 3.22. The summed E-state index contributed by atoms with van der Waals surface area (Å²) in [5.74, 6) is 6.47. The minimum atomic E-state index is 0.0000520. The zero-order valence-corrected chi connectivity index (χ0v) is 11.0. The van der Waals surface area contributed by atoms with Crippen molar-refractivity contribution in [2.45, 2.75) is 33.1 Å². The number of carbonyl (C=O) groups is 1. The Morgan fingerprint density at radius 3 is 2.89 bits per heavy atom. The standard InChI is InChI=1S/C15H19NO2/c1-3-5-6-7-12-15(17)16-13-10-8-9-11-14(13)18-4-2/h8-11H,4,6-7,12H2,1-2H3,(H,16,17). The molecule has 1 aromatic rings. The molecule has 0 atom stereocenters. The SMILES string of the molecule is CC#CCCCC(=O)Nc1ccccc1OCC. The van der Waals surface area contributed by atoms with E-state index in [1.165, 1.54) is 0 Å². The molecule has 0 fully saturated rings. The van der Waals surface area contributed by atoms with Crippen molar-refractivity contribution in [2.75, 3.05) is 11.9 Å². The summed E-state index contributed by atoms with van der Waals surface area (Å²) in [5.41, 5.74) is 0.728. The number of hydrogen-bond acceptors (Lipinski definition) is 2. The first-order chi connectivity index (χ1) is 8.77. The molecule has 1 aromatic carbocycles. The molecule has 0 radical (unpaired) electrons. The monoisotopic (exact) mass is 245 g/mol. The summed E-state index contributed by atoms with van der Waals surface area (Å²) in [6.45, 7) is 4.30. The fourth-order valence-electron chi connectivity index (χ4n) is 1.53. The number of para-hydroxylation sites is 2. The number of carbonyl (C=O) groups excluding carboxylic acids is 1. The Balaban J connectivity index is 2.49. The van der Waals surface area contributed by atoms with Crippen LogP contribution >= 0.6 is 0 Å². The Morgan fingerprint density at radius 1 is 1.39 bits per heavy atom. The molecule has 0 aliphatic rings. The van der Waals surface area contributed by atoms with Gasteiger partial charge in [-0.2, -0.15) is 0 Å². The van der Waals surface area contributed by atoms with Crippen LogP contribution in [0.25, 0.3) is 0 Å². The lowest BCUT2D eigenvalue weighted by atomic mass is 10.2. The molecule has 0 aromatic heterocycles. The lowest BCUT2D eigenvalue weighted by Crippen LogP contribution is -2.12. The fourth-order valence-corrected chi connectivity index (χ4v) is 1.53. The molecule has 0 heterocycles. The molecule has 0 saturated carbocycles. The Kier molecular flexibility index (Phi) is 6.42. The van der Waals surface area contributed by atoms with Gasteiger partial charge in [-0.25, -0.2) is 0 Å². The molecular weight excluding hydrogens is 226 g/mol. The number of ether oxygens (including phenoxy) is 1. The quantitative estimate of drug-likeness (QED) is 0.617. The third kappa shape index (κ3) is 4.92. The van der Waals surface area contributed by atoms with Crippen molar-refractivity contribution in [1.29, 1.82) is 0 Å². The van der Waals surface area contributed by atoms with Crippen molar-refractivity contribution < 1.29 is 9.53 Å². The number of nitrogens with one attached hydrogen (secondary N) is 1. The van der Waals surface area contributed by atoms with E-state index in [2.05, 4.69) is 17.2 Å². The molecule has 1 amide bonds. The van der Waals surface area contributed by atoms with Crippen molar-refractivity contribution >= 4 is 11.6 Å². The predicted molar refractivity (Wildman–Crippen MR) is 73.5 cm³/mol. The highest BCUT2D eigenvalue weighted by Crippen LogP contribution is 2.23. The third-order valence-electron chi connectivity index (χ3n) is 2.34. The molecule has 3 heteroatoms. The van der Waals surface area contributed by atoms with Crippen LogP contribution in [0.2, 0.25) is 0 Å². The van der Waals surface area contributed by atoms with Gasteiger partial charge in [0.25, 0.3) is 0 Å². The molecule has 0 saturated heterocycles. The van der Waals surface area contributed by atoms with Gasteiger partial charge >= 0.3 is 0 Å². The van der Waals surface area contributed by atoms with Gasteiger partial charge in [0.15, 0.2) is 0 Å². The van der Waals surface area contributed by atoms with E-state index in [0.717, 1.165) is 18.5 Å². The Labute approximate surface area is 109 Å². The van der Waals surface area contributed by atoms with Gasteiger partial charge in [-0.3, -0.25) is 4.79 Å². The number of rotatable bonds is 6. The molecule has 96 valence electrons. The number of unbranched alkanes of at least 4 members (excludes halogenated alkanes) is 1. The maximum atomic E-state index is 11.7. The number of benzene rings is 1. The second-order valence-corrected chi connectivity index (χ2v) is 3.76. The molecule has 3 nitrogen and oxygen atoms in total. The smallest absolute Gasteiger partial charge is 0.224 e. The van der Waals surface area contributed by atoms with E-state index in [1.54, 1.807) is 6.92 Å². The maximum Gasteiger partial charge on any atom is 0.224 e. The van der Waals surface area contributed by atoms with Crippen molar-refractivity contribution in [2.24, 2.45) is 0 Å². The van der Waals surface area contributed by atoms with Crippen LogP contribution in [-0.2, 0) is 4.79 Å². The van der Waals surface area contributed by atoms with Gasteiger partial charge in [-0.15, -0.1) is 11.8 Å². The minimum Gasteiger partial charge on any atom is -0.492 e. The second-order valence-electron chi connectivity index (χ2n) is 3.76. The summed E-state index contributed by atoms with van der Waals surface area (Å²) in [4.78, 5) is 11.7. The summed E-state index contributed by atoms with van der Waals surface area (Å²) < 4.78 is 5.44. The van der Waals surface area contributed by atoms with Gasteiger partial charge in [-0.1, -0.05) is 12.1 Å². The van der Waals surface area contributed by atoms with Crippen LogP contribution in [0.1, 0.15) is 33.1 Å². The van der Waals surface area contributed by atoms with E-state index >= 15 is 0 Å². The lowest BCUT2D eigenvalue weighted by Gasteiger charge is -2.10. The Morgan fingerprint density at radius 2 is 2.17 bits per heavy atom. The molecule has 0 bridgehead atoms. The molecule has 18 heavy (non-hydrogen) atoms. The largest absolute Gasteiger partial charge is 0.492 e. The Hall–Kier alpha value is -1.95. The molecule has 0 unspecified atom stereocenters. The lowest BCUT2D eigenvalue weighted by molar-refractivity contribution is -0.116. The highest BCUT2D eigenvalue weighted by Gasteiger charge is 2.06. The third-order valence-corrected chi connectivity index (χ3v) is 2.34. The van der Waals surface area contributed by atoms with Crippen LogP contribution in [0.15, 0.2) is 24.3 Å². The zero-order chi connectivity index (χ0) is 13.2. The first-order valence-corrected chi connectivity index (χ1v) is 6.19. The van der Waals surface area contributed by atoms with Crippen LogP contribution in [-0.4, -0.2) is 12.5 Å². The van der Waals surface area contributed by atoms with Crippen LogP contribution in [0.4, 0.5) is 5.69 Å². The molecule has 0 aliphatic carbocycles. The average Bonchev–Trinajstić information content (AvgIpc) is 2.37. The van der Waals surface area contributed by atoms with Crippen molar-refractivity contribution in [3.8, 4) is 17.6 Å². The van der Waals surface area contributed by atoms with E-state index in [0.29, 0.717) is 18.8 Å². The van der Waals surface area contributed by atoms with E-state index < -0.39 is 0 Å². The van der Waals surface area contributed by atoms with Gasteiger partial charge in [0.2, 0.25) is 5.91 Å². The normalized spacial score (nSPS) is 9.22. The van der Waals surface area contributed by atoms with E-state index in [-0.39, 0.29) is 5.91 Å². The molecule has 1 N–H and O–H groups in total. The fraction of sp³-hybridized carbons (Fsp3) is 0.400. The van der Waals surface area contributed by atoms with Crippen molar-refractivity contribution in [1.82, 2.24) is 0 Å². The summed E-state index contributed by atoms with van der Waals surface area (Å²) in [5, 5.41) is 2.86. The second kappa shape index (κ2) is 8.19. The highest BCUT2D eigenvalue weighted by molar-refractivity contribution is 5.92. The maximum absolute atomic E-state index is 11.7. The van der Waals surface area contributed by atoms with E-state index in [4.69, 9.17) is 4.74 Å². The number of amides is 1. The molecule has 0 aliphatic heterocycles. The van der Waals surface area contributed by atoms with Gasteiger partial charge in [0, 0.05) is 12.8 Å².